The molecular weight excluding hydrogens is 246 g/mol. The van der Waals surface area contributed by atoms with Crippen molar-refractivity contribution >= 4 is 28.6 Å². The number of aliphatic hydroxyl groups excluding tert-OH is 2. The molecule has 0 bridgehead atoms. The number of anilines is 1. The number of halogens is 1. The maximum Gasteiger partial charge on any atom is 0.226 e. The molecule has 0 fully saturated rings. The third-order valence-electron chi connectivity index (χ3n) is 2.45. The molecule has 2 rings (SSSR count). The molecule has 0 saturated heterocycles. The number of aromatic nitrogens is 4. The molecule has 0 atom stereocenters. The number of nitrogens with zero attached hydrogens (tertiary/aromatic N) is 4. The highest BCUT2D eigenvalue weighted by molar-refractivity contribution is 6.28. The van der Waals surface area contributed by atoms with Gasteiger partial charge < -0.3 is 20.1 Å². The van der Waals surface area contributed by atoms with Crippen LogP contribution in [0.5, 0.6) is 0 Å². The second-order valence-corrected chi connectivity index (χ2v) is 3.77. The predicted octanol–water partition coefficient (Wildman–Crippen LogP) is 0.0471. The lowest BCUT2D eigenvalue weighted by molar-refractivity contribution is 0.156. The lowest BCUT2D eigenvalue weighted by Gasteiger charge is -2.13. The highest BCUT2D eigenvalue weighted by Gasteiger charge is 2.16. The average Bonchev–Trinajstić information content (AvgIpc) is 2.74. The van der Waals surface area contributed by atoms with E-state index in [-0.39, 0.29) is 18.5 Å². The first-order valence-electron chi connectivity index (χ1n) is 5.00. The Bertz CT molecular complexity index is 525. The van der Waals surface area contributed by atoms with Crippen LogP contribution in [0.1, 0.15) is 6.04 Å². The molecule has 2 aromatic heterocycles. The molecular formula is C9H12ClN5O2. The lowest BCUT2D eigenvalue weighted by Crippen LogP contribution is -2.16. The first kappa shape index (κ1) is 12.0. The Morgan fingerprint density at radius 1 is 1.41 bits per heavy atom. The molecule has 0 aliphatic rings. The minimum absolute atomic E-state index is 0.0817. The van der Waals surface area contributed by atoms with Crippen LogP contribution in [0.4, 0.5) is 5.82 Å². The number of fused-ring (bicyclic) bond motifs is 1. The Labute approximate surface area is 102 Å². The van der Waals surface area contributed by atoms with Gasteiger partial charge in [0.05, 0.1) is 25.6 Å². The van der Waals surface area contributed by atoms with Gasteiger partial charge in [-0.1, -0.05) is 0 Å². The van der Waals surface area contributed by atoms with E-state index in [9.17, 15) is 0 Å². The molecule has 7 nitrogen and oxygen atoms in total. The van der Waals surface area contributed by atoms with Crippen molar-refractivity contribution in [3.8, 4) is 0 Å². The SMILES string of the molecule is CNc1nc(Cl)nc2c1ncn2C(CO)CO. The molecule has 0 amide bonds. The zero-order valence-corrected chi connectivity index (χ0v) is 9.89. The molecule has 0 aliphatic heterocycles. The van der Waals surface area contributed by atoms with Crippen LogP contribution in [0.15, 0.2) is 6.33 Å². The van der Waals surface area contributed by atoms with E-state index in [2.05, 4.69) is 20.3 Å². The van der Waals surface area contributed by atoms with E-state index in [0.717, 1.165) is 0 Å². The van der Waals surface area contributed by atoms with Crippen molar-refractivity contribution in [3.05, 3.63) is 11.6 Å². The van der Waals surface area contributed by atoms with Crippen molar-refractivity contribution in [1.82, 2.24) is 19.5 Å². The standard InChI is InChI=1S/C9H12ClN5O2/c1-11-7-6-8(14-9(10)13-7)15(4-12-6)5(2-16)3-17/h4-5,16-17H,2-3H2,1H3,(H,11,13,14). The van der Waals surface area contributed by atoms with Gasteiger partial charge >= 0.3 is 0 Å². The molecule has 8 heteroatoms. The van der Waals surface area contributed by atoms with E-state index in [1.54, 1.807) is 11.6 Å². The minimum Gasteiger partial charge on any atom is -0.394 e. The summed E-state index contributed by atoms with van der Waals surface area (Å²) >= 11 is 5.79. The van der Waals surface area contributed by atoms with Crippen molar-refractivity contribution in [2.75, 3.05) is 25.6 Å². The van der Waals surface area contributed by atoms with Gasteiger partial charge in [-0.15, -0.1) is 0 Å². The van der Waals surface area contributed by atoms with E-state index in [1.807, 2.05) is 0 Å². The number of imidazole rings is 1. The summed E-state index contributed by atoms with van der Waals surface area (Å²) in [6, 6.07) is -0.490. The quantitative estimate of drug-likeness (QED) is 0.670. The fourth-order valence-corrected chi connectivity index (χ4v) is 1.73. The van der Waals surface area contributed by atoms with E-state index in [1.165, 1.54) is 6.33 Å². The highest BCUT2D eigenvalue weighted by atomic mass is 35.5. The summed E-state index contributed by atoms with van der Waals surface area (Å²) in [5, 5.41) is 21.2. The zero-order chi connectivity index (χ0) is 12.4. The maximum absolute atomic E-state index is 9.15. The molecule has 0 aliphatic carbocycles. The predicted molar refractivity (Wildman–Crippen MR) is 63.1 cm³/mol. The van der Waals surface area contributed by atoms with Crippen molar-refractivity contribution in [2.24, 2.45) is 0 Å². The van der Waals surface area contributed by atoms with Crippen molar-refractivity contribution in [3.63, 3.8) is 0 Å². The summed E-state index contributed by atoms with van der Waals surface area (Å²) in [7, 11) is 1.70. The fraction of sp³-hybridized carbons (Fsp3) is 0.444. The molecule has 2 heterocycles. The van der Waals surface area contributed by atoms with Gasteiger partial charge in [0.1, 0.15) is 0 Å². The van der Waals surface area contributed by atoms with E-state index in [4.69, 9.17) is 21.8 Å². The van der Waals surface area contributed by atoms with Crippen LogP contribution in [0, 0.1) is 0 Å². The molecule has 2 aromatic rings. The van der Waals surface area contributed by atoms with Crippen molar-refractivity contribution < 1.29 is 10.2 Å². The summed E-state index contributed by atoms with van der Waals surface area (Å²) in [5.74, 6) is 0.508. The second-order valence-electron chi connectivity index (χ2n) is 3.43. The van der Waals surface area contributed by atoms with Gasteiger partial charge in [-0.2, -0.15) is 9.97 Å². The third kappa shape index (κ3) is 2.04. The summed E-state index contributed by atoms with van der Waals surface area (Å²) in [5.41, 5.74) is 1.02. The van der Waals surface area contributed by atoms with Gasteiger partial charge in [-0.3, -0.25) is 0 Å². The van der Waals surface area contributed by atoms with E-state index in [0.29, 0.717) is 17.0 Å². The Kier molecular flexibility index (Phi) is 3.41. The normalized spacial score (nSPS) is 11.4. The highest BCUT2D eigenvalue weighted by Crippen LogP contribution is 2.22. The Morgan fingerprint density at radius 2 is 2.12 bits per heavy atom. The van der Waals surface area contributed by atoms with Crippen LogP contribution in [0.3, 0.4) is 0 Å². The number of nitrogens with one attached hydrogen (secondary N) is 1. The molecule has 3 N–H and O–H groups in total. The number of aliphatic hydroxyl groups is 2. The molecule has 0 unspecified atom stereocenters. The summed E-state index contributed by atoms with van der Waals surface area (Å²) < 4.78 is 1.57. The maximum atomic E-state index is 9.15. The van der Waals surface area contributed by atoms with Crippen LogP contribution in [-0.2, 0) is 0 Å². The van der Waals surface area contributed by atoms with E-state index < -0.39 is 6.04 Å². The Hall–Kier alpha value is -1.44. The number of hydrogen-bond acceptors (Lipinski definition) is 6. The van der Waals surface area contributed by atoms with Gasteiger partial charge in [0.25, 0.3) is 0 Å². The number of rotatable bonds is 4. The van der Waals surface area contributed by atoms with Gasteiger partial charge in [0.15, 0.2) is 17.0 Å². The van der Waals surface area contributed by atoms with Crippen LogP contribution in [0.2, 0.25) is 5.28 Å². The van der Waals surface area contributed by atoms with Crippen molar-refractivity contribution in [2.45, 2.75) is 6.04 Å². The molecule has 92 valence electrons. The first-order chi connectivity index (χ1) is 8.21. The summed E-state index contributed by atoms with van der Waals surface area (Å²) in [6.07, 6.45) is 1.49. The monoisotopic (exact) mass is 257 g/mol. The van der Waals surface area contributed by atoms with Crippen LogP contribution in [0.25, 0.3) is 11.2 Å². The smallest absolute Gasteiger partial charge is 0.226 e. The van der Waals surface area contributed by atoms with Crippen LogP contribution in [-0.4, -0.2) is 50.0 Å². The first-order valence-corrected chi connectivity index (χ1v) is 5.38. The fourth-order valence-electron chi connectivity index (χ4n) is 1.57. The zero-order valence-electron chi connectivity index (χ0n) is 9.13. The topological polar surface area (TPSA) is 96.1 Å². The second kappa shape index (κ2) is 4.82. The van der Waals surface area contributed by atoms with Crippen LogP contribution >= 0.6 is 11.6 Å². The minimum atomic E-state index is -0.490. The third-order valence-corrected chi connectivity index (χ3v) is 2.61. The van der Waals surface area contributed by atoms with Gasteiger partial charge in [0.2, 0.25) is 5.28 Å². The Morgan fingerprint density at radius 3 is 2.71 bits per heavy atom. The molecule has 0 saturated carbocycles. The number of hydrogen-bond donors (Lipinski definition) is 3. The lowest BCUT2D eigenvalue weighted by atomic mass is 10.3. The van der Waals surface area contributed by atoms with Crippen LogP contribution < -0.4 is 5.32 Å². The Balaban J connectivity index is 2.63. The van der Waals surface area contributed by atoms with E-state index >= 15 is 0 Å². The van der Waals surface area contributed by atoms with Gasteiger partial charge in [0, 0.05) is 7.05 Å². The molecule has 0 radical (unpaired) electrons. The summed E-state index contributed by atoms with van der Waals surface area (Å²) in [6.45, 7) is -0.420. The van der Waals surface area contributed by atoms with Crippen molar-refractivity contribution in [1.29, 1.82) is 0 Å². The van der Waals surface area contributed by atoms with Gasteiger partial charge in [-0.05, 0) is 11.6 Å². The average molecular weight is 258 g/mol. The molecule has 17 heavy (non-hydrogen) atoms. The molecule has 0 aromatic carbocycles. The largest absolute Gasteiger partial charge is 0.394 e. The summed E-state index contributed by atoms with van der Waals surface area (Å²) in [4.78, 5) is 12.2. The van der Waals surface area contributed by atoms with Gasteiger partial charge in [-0.25, -0.2) is 4.98 Å². The molecule has 0 spiro atoms.